The highest BCUT2D eigenvalue weighted by Gasteiger charge is 2.40. The molecule has 1 aliphatic heterocycles. The van der Waals surface area contributed by atoms with E-state index in [1.165, 1.54) is 88.4 Å². The molecular formula is C39H50N6O5S. The van der Waals surface area contributed by atoms with E-state index in [2.05, 4.69) is 27.5 Å². The fourth-order valence-electron chi connectivity index (χ4n) is 6.33. The Labute approximate surface area is 301 Å². The Morgan fingerprint density at radius 3 is 2.02 bits per heavy atom. The first-order valence-corrected chi connectivity index (χ1v) is 19.8. The lowest BCUT2D eigenvalue weighted by molar-refractivity contribution is -0.117. The van der Waals surface area contributed by atoms with Crippen LogP contribution < -0.4 is 5.32 Å². The Balaban J connectivity index is 1.12. The number of fused-ring (bicyclic) bond motifs is 2. The zero-order valence-corrected chi connectivity index (χ0v) is 30.6. The van der Waals surface area contributed by atoms with Crippen LogP contribution in [0.5, 0.6) is 0 Å². The van der Waals surface area contributed by atoms with Crippen molar-refractivity contribution in [3.8, 4) is 0 Å². The third-order valence-corrected chi connectivity index (χ3v) is 11.1. The lowest BCUT2D eigenvalue weighted by Gasteiger charge is -2.30. The number of hydrogen-bond donors (Lipinski definition) is 1. The van der Waals surface area contributed by atoms with E-state index in [1.54, 1.807) is 66.7 Å². The number of aromatic nitrogens is 3. The van der Waals surface area contributed by atoms with Crippen LogP contribution in [0.15, 0.2) is 82.7 Å². The third kappa shape index (κ3) is 9.81. The fourth-order valence-corrected chi connectivity index (χ4v) is 7.64. The van der Waals surface area contributed by atoms with E-state index < -0.39 is 27.9 Å². The summed E-state index contributed by atoms with van der Waals surface area (Å²) in [6.45, 7) is 2.62. The number of amides is 1. The summed E-state index contributed by atoms with van der Waals surface area (Å²) in [5.74, 6) is -1.04. The minimum absolute atomic E-state index is 0.0365. The van der Waals surface area contributed by atoms with Crippen molar-refractivity contribution in [2.24, 2.45) is 4.99 Å². The summed E-state index contributed by atoms with van der Waals surface area (Å²) in [6.07, 6.45) is 17.7. The molecule has 0 fully saturated rings. The van der Waals surface area contributed by atoms with Crippen molar-refractivity contribution < 1.29 is 22.7 Å². The number of carbonyl (C=O) groups excluding carboxylic acids is 2. The smallest absolute Gasteiger partial charge is 0.338 e. The molecule has 11 nitrogen and oxygen atoms in total. The second-order valence-corrected chi connectivity index (χ2v) is 15.1. The molecule has 0 bridgehead atoms. The minimum atomic E-state index is -3.99. The second kappa shape index (κ2) is 18.6. The Kier molecular flexibility index (Phi) is 13.7. The zero-order valence-electron chi connectivity index (χ0n) is 29.8. The highest BCUT2D eigenvalue weighted by molar-refractivity contribution is 7.90. The van der Waals surface area contributed by atoms with Gasteiger partial charge < -0.3 is 10.1 Å². The average Bonchev–Trinajstić information content (AvgIpc) is 3.56. The quantitative estimate of drug-likeness (QED) is 0.0715. The summed E-state index contributed by atoms with van der Waals surface area (Å²) in [5, 5.41) is 11.3. The number of para-hydroxylation sites is 2. The van der Waals surface area contributed by atoms with Gasteiger partial charge in [0.1, 0.15) is 10.4 Å². The van der Waals surface area contributed by atoms with Gasteiger partial charge in [0.2, 0.25) is 0 Å². The second-order valence-electron chi connectivity index (χ2n) is 13.1. The van der Waals surface area contributed by atoms with Gasteiger partial charge in [-0.25, -0.2) is 22.9 Å². The summed E-state index contributed by atoms with van der Waals surface area (Å²) < 4.78 is 34.8. The number of unbranched alkanes of at least 4 members (excludes halogenated alkanes) is 13. The highest BCUT2D eigenvalue weighted by Crippen LogP contribution is 2.34. The van der Waals surface area contributed by atoms with Gasteiger partial charge in [0, 0.05) is 12.7 Å². The third-order valence-electron chi connectivity index (χ3n) is 9.30. The lowest BCUT2D eigenvalue weighted by Crippen LogP contribution is -2.45. The molecule has 51 heavy (non-hydrogen) atoms. The van der Waals surface area contributed by atoms with Crippen molar-refractivity contribution in [2.45, 2.75) is 108 Å². The van der Waals surface area contributed by atoms with Crippen LogP contribution in [0, 0.1) is 0 Å². The largest absolute Gasteiger partial charge is 0.462 e. The number of nitrogens with one attached hydrogen (secondary N) is 1. The van der Waals surface area contributed by atoms with Gasteiger partial charge in [0.05, 0.1) is 23.4 Å². The van der Waals surface area contributed by atoms with Crippen LogP contribution in [0.1, 0.15) is 113 Å². The van der Waals surface area contributed by atoms with E-state index in [1.807, 2.05) is 0 Å². The number of amidine groups is 1. The SMILES string of the molecule is CCCCCCCCCCCCCCCCOC(=O)c1ccc(NC(=O)C(C2=Nc3ccccc3S(=O)(=O)N2C)n2nnc3ccccc32)cc1. The molecule has 4 aromatic rings. The van der Waals surface area contributed by atoms with Gasteiger partial charge >= 0.3 is 5.97 Å². The lowest BCUT2D eigenvalue weighted by atomic mass is 10.0. The molecule has 0 saturated heterocycles. The Morgan fingerprint density at radius 2 is 1.35 bits per heavy atom. The van der Waals surface area contributed by atoms with E-state index in [-0.39, 0.29) is 16.4 Å². The van der Waals surface area contributed by atoms with Gasteiger partial charge in [0.25, 0.3) is 15.9 Å². The van der Waals surface area contributed by atoms with E-state index in [0.29, 0.717) is 28.9 Å². The van der Waals surface area contributed by atoms with Crippen molar-refractivity contribution in [3.05, 3.63) is 78.4 Å². The van der Waals surface area contributed by atoms with Crippen molar-refractivity contribution in [3.63, 3.8) is 0 Å². The summed E-state index contributed by atoms with van der Waals surface area (Å²) in [4.78, 5) is 31.4. The van der Waals surface area contributed by atoms with Crippen molar-refractivity contribution in [1.82, 2.24) is 19.3 Å². The molecule has 1 aromatic heterocycles. The maximum absolute atomic E-state index is 14.0. The van der Waals surface area contributed by atoms with Gasteiger partial charge in [-0.2, -0.15) is 0 Å². The molecule has 1 N–H and O–H groups in total. The summed E-state index contributed by atoms with van der Waals surface area (Å²) >= 11 is 0. The maximum atomic E-state index is 14.0. The molecule has 12 heteroatoms. The molecule has 3 aromatic carbocycles. The number of likely N-dealkylation sites (N-methyl/N-ethyl adjacent to an activating group) is 1. The highest BCUT2D eigenvalue weighted by atomic mass is 32.2. The van der Waals surface area contributed by atoms with Gasteiger partial charge in [-0.3, -0.25) is 9.10 Å². The van der Waals surface area contributed by atoms with E-state index in [0.717, 1.165) is 23.6 Å². The molecule has 0 radical (unpaired) electrons. The van der Waals surface area contributed by atoms with Crippen molar-refractivity contribution in [1.29, 1.82) is 0 Å². The molecule has 1 amide bonds. The van der Waals surface area contributed by atoms with E-state index in [9.17, 15) is 18.0 Å². The average molecular weight is 715 g/mol. The number of ether oxygens (including phenoxy) is 1. The van der Waals surface area contributed by atoms with Gasteiger partial charge in [-0.05, 0) is 55.0 Å². The monoisotopic (exact) mass is 714 g/mol. The predicted octanol–water partition coefficient (Wildman–Crippen LogP) is 8.61. The number of rotatable bonds is 20. The van der Waals surface area contributed by atoms with Crippen LogP contribution >= 0.6 is 0 Å². The zero-order chi connectivity index (χ0) is 36.1. The molecular weight excluding hydrogens is 665 g/mol. The molecule has 1 atom stereocenters. The normalized spacial score (nSPS) is 14.2. The van der Waals surface area contributed by atoms with Gasteiger partial charge in [-0.1, -0.05) is 120 Å². The van der Waals surface area contributed by atoms with Crippen LogP contribution in [0.4, 0.5) is 11.4 Å². The topological polar surface area (TPSA) is 136 Å². The number of aliphatic imine (C=N–C) groups is 1. The first-order valence-electron chi connectivity index (χ1n) is 18.4. The molecule has 2 heterocycles. The molecule has 0 aliphatic carbocycles. The first kappa shape index (κ1) is 37.7. The van der Waals surface area contributed by atoms with Crippen LogP contribution in [0.25, 0.3) is 11.0 Å². The van der Waals surface area contributed by atoms with Crippen molar-refractivity contribution >= 4 is 50.1 Å². The number of carbonyl (C=O) groups is 2. The van der Waals surface area contributed by atoms with Gasteiger partial charge in [-0.15, -0.1) is 5.10 Å². The number of esters is 1. The van der Waals surface area contributed by atoms with Gasteiger partial charge in [0.15, 0.2) is 11.9 Å². The number of sulfonamides is 1. The van der Waals surface area contributed by atoms with Crippen LogP contribution in [-0.4, -0.2) is 59.1 Å². The maximum Gasteiger partial charge on any atom is 0.338 e. The van der Waals surface area contributed by atoms with E-state index >= 15 is 0 Å². The van der Waals surface area contributed by atoms with Crippen molar-refractivity contribution in [2.75, 3.05) is 19.0 Å². The van der Waals surface area contributed by atoms with E-state index in [4.69, 9.17) is 4.74 Å². The minimum Gasteiger partial charge on any atom is -0.462 e. The molecule has 272 valence electrons. The first-order chi connectivity index (χ1) is 24.8. The van der Waals surface area contributed by atoms with Crippen LogP contribution in [0.3, 0.4) is 0 Å². The summed E-state index contributed by atoms with van der Waals surface area (Å²) in [6, 6.07) is 18.6. The number of anilines is 1. The molecule has 5 rings (SSSR count). The number of nitrogens with zero attached hydrogens (tertiary/aromatic N) is 5. The molecule has 0 spiro atoms. The molecule has 1 unspecified atom stereocenters. The Hall–Kier alpha value is -4.58. The molecule has 1 aliphatic rings. The Morgan fingerprint density at radius 1 is 0.765 bits per heavy atom. The van der Waals surface area contributed by atoms with Crippen LogP contribution in [-0.2, 0) is 19.6 Å². The standard InChI is InChI=1S/C39H50N6O5S/c1-3-4-5-6-7-8-9-10-11-12-13-14-15-20-29-50-39(47)30-25-27-31(28-26-30)40-38(46)36(45-34-23-18-16-21-32(34)42-43-45)37-41-33-22-17-19-24-35(33)51(48,49)44(37)2/h16-19,21-28,36H,3-15,20,29H2,1-2H3,(H,40,46). The number of benzene rings is 3. The predicted molar refractivity (Wildman–Crippen MR) is 201 cm³/mol. The summed E-state index contributed by atoms with van der Waals surface area (Å²) in [7, 11) is -2.63. The molecule has 0 saturated carbocycles. The van der Waals surface area contributed by atoms with Crippen LogP contribution in [0.2, 0.25) is 0 Å². The Bertz CT molecular complexity index is 1890. The number of hydrogen-bond acceptors (Lipinski definition) is 8. The summed E-state index contributed by atoms with van der Waals surface area (Å²) in [5.41, 5.74) is 2.07. The fraction of sp³-hybridized carbons (Fsp3) is 0.462.